The lowest BCUT2D eigenvalue weighted by atomic mass is 9.48. The first-order valence-corrected chi connectivity index (χ1v) is 40.5. The third-order valence-electron chi connectivity index (χ3n) is 23.4. The van der Waals surface area contributed by atoms with Gasteiger partial charge < -0.3 is 27.3 Å². The van der Waals surface area contributed by atoms with Crippen molar-refractivity contribution in [2.24, 2.45) is 57.2 Å². The molecule has 0 aliphatic carbocycles. The number of hydrogen-bond donors (Lipinski definition) is 0. The molecule has 0 saturated heterocycles. The molecule has 0 aliphatic heterocycles. The average molecular weight is 1480 g/mol. The van der Waals surface area contributed by atoms with Gasteiger partial charge in [-0.05, 0) is 229 Å². The summed E-state index contributed by atoms with van der Waals surface area (Å²) < 4.78 is 33.1. The predicted octanol–water partition coefficient (Wildman–Crippen LogP) is 21.8. The molecule has 0 fully saturated rings. The highest BCUT2D eigenvalue weighted by Crippen LogP contribution is 2.42. The molecule has 572 valence electrons. The van der Waals surface area contributed by atoms with E-state index < -0.39 is 13.7 Å². The topological polar surface area (TPSA) is 109 Å². The van der Waals surface area contributed by atoms with Crippen molar-refractivity contribution in [2.45, 2.75) is 183 Å². The number of oxazole rings is 2. The fourth-order valence-electron chi connectivity index (χ4n) is 17.5. The van der Waals surface area contributed by atoms with Gasteiger partial charge >= 0.3 is 13.7 Å². The maximum Gasteiger partial charge on any atom is 0.328 e. The van der Waals surface area contributed by atoms with Gasteiger partial charge in [-0.1, -0.05) is 261 Å². The summed E-state index contributed by atoms with van der Waals surface area (Å²) in [6, 6.07) is 69.9. The summed E-state index contributed by atoms with van der Waals surface area (Å²) in [7, 11) is 0. The Balaban J connectivity index is 1.26. The number of fused-ring (bicyclic) bond motifs is 3. The molecule has 6 unspecified atom stereocenters. The van der Waals surface area contributed by atoms with Gasteiger partial charge in [-0.2, -0.15) is 5.26 Å². The van der Waals surface area contributed by atoms with Gasteiger partial charge in [-0.25, -0.2) is 14.8 Å². The summed E-state index contributed by atoms with van der Waals surface area (Å²) in [5.74, 6) is 4.39. The SMILES string of the molecule is [C-]#[N+]/C(c1nc2ccccc2o1)=c1\c2c(-c3ccc(OCC(CCC(C)CC(C)(C)C)C(C)CC(C)(C)C)cc3)n(B(c3ccccc3C)c3ccccc3C)/c(=C(/C#N)c3nc4ccccc4o3)c2c(-c2ccc(OCC(CCC(C)C(C)(C)C)C(C)CC(C)(C)C)cc2)n1B(c1ccccc1C)c1ccccc1C. The minimum absolute atomic E-state index is 0.144. The number of para-hydroxylation sites is 4. The highest BCUT2D eigenvalue weighted by molar-refractivity contribution is 6.86. The number of rotatable bonds is 27. The maximum atomic E-state index is 12.8. The van der Waals surface area contributed by atoms with Crippen molar-refractivity contribution in [3.63, 3.8) is 0 Å². The van der Waals surface area contributed by atoms with E-state index in [2.05, 4.69) is 299 Å². The molecule has 12 aromatic rings. The summed E-state index contributed by atoms with van der Waals surface area (Å²) in [5.41, 5.74) is 14.8. The van der Waals surface area contributed by atoms with Crippen molar-refractivity contribution >= 4 is 79.8 Å². The van der Waals surface area contributed by atoms with E-state index in [1.54, 1.807) is 0 Å². The van der Waals surface area contributed by atoms with E-state index >= 15 is 0 Å². The Bertz CT molecular complexity index is 5080. The van der Waals surface area contributed by atoms with Crippen molar-refractivity contribution in [3.8, 4) is 40.1 Å². The van der Waals surface area contributed by atoms with Crippen LogP contribution >= 0.6 is 0 Å². The van der Waals surface area contributed by atoms with Gasteiger partial charge in [0.25, 0.3) is 5.70 Å². The zero-order valence-corrected chi connectivity index (χ0v) is 69.8. The van der Waals surface area contributed by atoms with Crippen LogP contribution < -0.4 is 42.0 Å². The van der Waals surface area contributed by atoms with E-state index in [0.717, 1.165) is 123 Å². The van der Waals surface area contributed by atoms with Gasteiger partial charge in [0, 0.05) is 22.2 Å². The van der Waals surface area contributed by atoms with Crippen LogP contribution in [0.2, 0.25) is 0 Å². The molecule has 0 amide bonds. The molecule has 10 nitrogen and oxygen atoms in total. The number of benzene rings is 8. The van der Waals surface area contributed by atoms with E-state index in [0.29, 0.717) is 92.4 Å². The number of nitrogens with zero attached hydrogens (tertiary/aromatic N) is 6. The van der Waals surface area contributed by atoms with Gasteiger partial charge in [0.05, 0.1) is 30.5 Å². The van der Waals surface area contributed by atoms with E-state index in [9.17, 15) is 11.8 Å². The molecule has 0 radical (unpaired) electrons. The zero-order chi connectivity index (χ0) is 79.4. The Morgan fingerprint density at radius 2 is 0.820 bits per heavy atom. The normalized spacial score (nSPS) is 14.5. The lowest BCUT2D eigenvalue weighted by molar-refractivity contribution is 0.139. The van der Waals surface area contributed by atoms with Gasteiger partial charge in [0.2, 0.25) is 11.8 Å². The fourth-order valence-corrected chi connectivity index (χ4v) is 17.5. The van der Waals surface area contributed by atoms with Crippen LogP contribution in [0.15, 0.2) is 203 Å². The predicted molar refractivity (Wildman–Crippen MR) is 466 cm³/mol. The molecule has 6 atom stereocenters. The quantitative estimate of drug-likeness (QED) is 0.0373. The molecule has 4 heterocycles. The van der Waals surface area contributed by atoms with E-state index in [1.807, 2.05) is 48.5 Å². The van der Waals surface area contributed by atoms with Crippen LogP contribution in [0.5, 0.6) is 11.5 Å². The third kappa shape index (κ3) is 18.3. The highest BCUT2D eigenvalue weighted by Gasteiger charge is 2.40. The van der Waals surface area contributed by atoms with Crippen LogP contribution in [-0.4, -0.2) is 45.8 Å². The number of hydrogen-bond acceptors (Lipinski definition) is 7. The molecule has 0 bridgehead atoms. The van der Waals surface area contributed by atoms with Gasteiger partial charge in [0.1, 0.15) is 34.2 Å². The third-order valence-corrected chi connectivity index (χ3v) is 23.4. The van der Waals surface area contributed by atoms with Crippen LogP contribution in [0.25, 0.3) is 71.6 Å². The van der Waals surface area contributed by atoms with E-state index in [4.69, 9.17) is 33.1 Å². The van der Waals surface area contributed by atoms with Crippen molar-refractivity contribution in [1.29, 1.82) is 5.26 Å². The molecule has 0 aliphatic rings. The first-order chi connectivity index (χ1) is 52.8. The van der Waals surface area contributed by atoms with Crippen LogP contribution in [0.1, 0.15) is 190 Å². The van der Waals surface area contributed by atoms with E-state index in [1.165, 1.54) is 0 Å². The zero-order valence-electron chi connectivity index (χ0n) is 69.8. The summed E-state index contributed by atoms with van der Waals surface area (Å²) in [6.45, 7) is 56.4. The smallest absolute Gasteiger partial charge is 0.328 e. The summed E-state index contributed by atoms with van der Waals surface area (Å²) in [4.78, 5) is 15.4. The molecule has 12 rings (SSSR count). The molecule has 8 aromatic carbocycles. The van der Waals surface area contributed by atoms with Crippen LogP contribution in [0.3, 0.4) is 0 Å². The van der Waals surface area contributed by atoms with Crippen molar-refractivity contribution in [2.75, 3.05) is 13.2 Å². The van der Waals surface area contributed by atoms with Crippen LogP contribution in [0, 0.1) is 103 Å². The van der Waals surface area contributed by atoms with Gasteiger partial charge in [-0.3, -0.25) is 0 Å². The summed E-state index contributed by atoms with van der Waals surface area (Å²) in [6.07, 6.45) is 7.67. The molecule has 0 saturated carbocycles. The number of aryl methyl sites for hydroxylation is 4. The Morgan fingerprint density at radius 1 is 0.459 bits per heavy atom. The standard InChI is InChI=1S/C99H116B2N6O4/c1-64(58-96(9,10)11)46-48-74(69(6)59-97(12,13)14)62-108-76-56-52-73(53-57-76)91-88-87(92(78(61-102)94-104-83-42-30-32-44-85(83)110-94)106(91)100(79-38-26-22-34-65(79)2)80-39-27-23-35-66(80)3)90(72-50-54-77(55-51-72)109-63-75(70(7)60-98(15,16)17)49-47-71(8)99(18,19)20)107(93(88)89(103-21)95-105-84-43-31-33-45-86(84)111-95)101(81-40-28-24-36-67(81)4)82-41-29-25-37-68(82)5/h22-45,50-57,64,69-71,74-75H,46-49,58-60,62-63H2,1-20H3/b92-78-,93-89+. The second-order valence-corrected chi connectivity index (χ2v) is 37.0. The molecule has 12 heteroatoms. The number of nitriles is 1. The van der Waals surface area contributed by atoms with Crippen molar-refractivity contribution in [1.82, 2.24) is 18.9 Å². The van der Waals surface area contributed by atoms with E-state index in [-0.39, 0.29) is 44.7 Å². The van der Waals surface area contributed by atoms with Gasteiger partial charge in [-0.15, -0.1) is 0 Å². The lowest BCUT2D eigenvalue weighted by Gasteiger charge is -2.33. The number of ether oxygens (including phenoxy) is 2. The van der Waals surface area contributed by atoms with Gasteiger partial charge in [0.15, 0.2) is 11.2 Å². The van der Waals surface area contributed by atoms with Crippen LogP contribution in [-0.2, 0) is 0 Å². The molecular formula is C99H116B2N6O4. The minimum Gasteiger partial charge on any atom is -0.493 e. The molecule has 111 heavy (non-hydrogen) atoms. The Kier molecular flexibility index (Phi) is 24.3. The Labute approximate surface area is 662 Å². The van der Waals surface area contributed by atoms with Crippen molar-refractivity contribution in [3.05, 3.63) is 250 Å². The Morgan fingerprint density at radius 3 is 1.20 bits per heavy atom. The summed E-state index contributed by atoms with van der Waals surface area (Å²) in [5, 5.41) is 15.3. The largest absolute Gasteiger partial charge is 0.493 e. The second kappa shape index (κ2) is 33.5. The average Bonchev–Trinajstić information content (AvgIpc) is 1.52. The molecule has 0 spiro atoms. The van der Waals surface area contributed by atoms with Crippen molar-refractivity contribution < 1.29 is 18.3 Å². The number of aromatic nitrogens is 4. The summed E-state index contributed by atoms with van der Waals surface area (Å²) >= 11 is 0. The lowest BCUT2D eigenvalue weighted by Crippen LogP contribution is -2.56. The first kappa shape index (κ1) is 80.5. The molecule has 4 aromatic heterocycles. The second-order valence-electron chi connectivity index (χ2n) is 37.0. The maximum absolute atomic E-state index is 12.8. The fraction of sp³-hybridized carbons (Fsp3) is 0.394. The minimum atomic E-state index is -0.631. The van der Waals surface area contributed by atoms with Crippen LogP contribution in [0.4, 0.5) is 0 Å². The molecule has 0 N–H and O–H groups in total. The first-order valence-electron chi connectivity index (χ1n) is 40.5. The monoisotopic (exact) mass is 1470 g/mol. The molecular weight excluding hydrogens is 1360 g/mol. The highest BCUT2D eigenvalue weighted by atomic mass is 16.5. The Hall–Kier alpha value is -10.0.